The molecule has 0 radical (unpaired) electrons. The fourth-order valence-electron chi connectivity index (χ4n) is 1.10. The van der Waals surface area contributed by atoms with Gasteiger partial charge in [0.25, 0.3) is 0 Å². The lowest BCUT2D eigenvalue weighted by Crippen LogP contribution is -2.09. The fourth-order valence-corrected chi connectivity index (χ4v) is 1.39. The molecule has 5 heteroatoms. The lowest BCUT2D eigenvalue weighted by atomic mass is 10.0. The molecular weight excluding hydrogens is 215 g/mol. The maximum absolute atomic E-state index is 12.4. The Balaban J connectivity index is 3.39. The van der Waals surface area contributed by atoms with E-state index in [-0.39, 0.29) is 17.0 Å². The molecule has 14 heavy (non-hydrogen) atoms. The zero-order valence-corrected chi connectivity index (χ0v) is 7.65. The number of halogens is 4. The minimum Gasteiger partial charge on any atom is -0.192 e. The Bertz CT molecular complexity index is 379. The van der Waals surface area contributed by atoms with Crippen LogP contribution < -0.4 is 0 Å². The highest BCUT2D eigenvalue weighted by molar-refractivity contribution is 6.17. The van der Waals surface area contributed by atoms with Gasteiger partial charge in [-0.15, -0.1) is 11.6 Å². The van der Waals surface area contributed by atoms with Crippen LogP contribution in [0.2, 0.25) is 0 Å². The topological polar surface area (TPSA) is 23.8 Å². The van der Waals surface area contributed by atoms with Gasteiger partial charge < -0.3 is 0 Å². The van der Waals surface area contributed by atoms with Gasteiger partial charge in [0.05, 0.1) is 17.2 Å². The lowest BCUT2D eigenvalue weighted by molar-refractivity contribution is -0.138. The van der Waals surface area contributed by atoms with Crippen molar-refractivity contribution < 1.29 is 13.2 Å². The number of nitriles is 1. The van der Waals surface area contributed by atoms with Crippen LogP contribution in [0.4, 0.5) is 13.2 Å². The Kier molecular flexibility index (Phi) is 3.02. The van der Waals surface area contributed by atoms with Gasteiger partial charge in [-0.05, 0) is 17.7 Å². The predicted octanol–water partition coefficient (Wildman–Crippen LogP) is 3.32. The summed E-state index contributed by atoms with van der Waals surface area (Å²) in [5, 5.41) is 8.56. The minimum atomic E-state index is -4.46. The summed E-state index contributed by atoms with van der Waals surface area (Å²) in [6.45, 7) is 0. The van der Waals surface area contributed by atoms with Gasteiger partial charge in [-0.3, -0.25) is 0 Å². The smallest absolute Gasteiger partial charge is 0.192 e. The van der Waals surface area contributed by atoms with E-state index in [1.165, 1.54) is 12.1 Å². The molecule has 0 atom stereocenters. The summed E-state index contributed by atoms with van der Waals surface area (Å²) < 4.78 is 37.2. The Morgan fingerprint density at radius 1 is 1.36 bits per heavy atom. The highest BCUT2D eigenvalue weighted by Gasteiger charge is 2.33. The molecule has 0 bridgehead atoms. The van der Waals surface area contributed by atoms with E-state index in [0.29, 0.717) is 0 Å². The molecule has 74 valence electrons. The third-order valence-corrected chi connectivity index (χ3v) is 2.00. The molecule has 0 amide bonds. The average Bonchev–Trinajstić information content (AvgIpc) is 2.15. The number of hydrogen-bond acceptors (Lipinski definition) is 1. The number of alkyl halides is 4. The second-order valence-electron chi connectivity index (χ2n) is 2.57. The number of benzene rings is 1. The molecule has 0 saturated heterocycles. The van der Waals surface area contributed by atoms with Crippen LogP contribution in [-0.2, 0) is 12.1 Å². The monoisotopic (exact) mass is 219 g/mol. The van der Waals surface area contributed by atoms with E-state index in [1.54, 1.807) is 6.07 Å². The zero-order valence-electron chi connectivity index (χ0n) is 6.90. The average molecular weight is 220 g/mol. The molecule has 0 aliphatic carbocycles. The van der Waals surface area contributed by atoms with Crippen molar-refractivity contribution in [3.63, 3.8) is 0 Å². The second kappa shape index (κ2) is 3.89. The van der Waals surface area contributed by atoms with Crippen LogP contribution in [0.5, 0.6) is 0 Å². The van der Waals surface area contributed by atoms with E-state index >= 15 is 0 Å². The van der Waals surface area contributed by atoms with Crippen LogP contribution in [0, 0.1) is 11.3 Å². The predicted molar refractivity (Wildman–Crippen MR) is 45.7 cm³/mol. The molecule has 0 fully saturated rings. The van der Waals surface area contributed by atoms with Crippen LogP contribution >= 0.6 is 11.6 Å². The second-order valence-corrected chi connectivity index (χ2v) is 2.84. The van der Waals surface area contributed by atoms with Crippen molar-refractivity contribution in [2.75, 3.05) is 0 Å². The van der Waals surface area contributed by atoms with Crippen LogP contribution in [0.1, 0.15) is 16.7 Å². The van der Waals surface area contributed by atoms with Crippen LogP contribution in [0.3, 0.4) is 0 Å². The summed E-state index contributed by atoms with van der Waals surface area (Å²) in [6.07, 6.45) is -4.46. The molecule has 0 N–H and O–H groups in total. The van der Waals surface area contributed by atoms with Crippen LogP contribution in [-0.4, -0.2) is 0 Å². The summed E-state index contributed by atoms with van der Waals surface area (Å²) in [7, 11) is 0. The molecule has 0 aromatic heterocycles. The molecule has 0 saturated carbocycles. The molecule has 0 heterocycles. The fraction of sp³-hybridized carbons (Fsp3) is 0.222. The largest absolute Gasteiger partial charge is 0.416 e. The molecule has 1 aromatic carbocycles. The van der Waals surface area contributed by atoms with E-state index in [0.717, 1.165) is 6.07 Å². The highest BCUT2D eigenvalue weighted by atomic mass is 35.5. The minimum absolute atomic E-state index is 0.0326. The van der Waals surface area contributed by atoms with E-state index in [2.05, 4.69) is 0 Å². The normalized spacial score (nSPS) is 11.1. The Labute approximate surface area is 83.7 Å². The van der Waals surface area contributed by atoms with Gasteiger partial charge in [0.2, 0.25) is 0 Å². The van der Waals surface area contributed by atoms with E-state index in [4.69, 9.17) is 16.9 Å². The molecule has 1 aromatic rings. The Morgan fingerprint density at radius 3 is 2.43 bits per heavy atom. The van der Waals surface area contributed by atoms with Crippen molar-refractivity contribution >= 4 is 11.6 Å². The molecule has 1 rings (SSSR count). The summed E-state index contributed by atoms with van der Waals surface area (Å²) in [5.74, 6) is -0.321. The molecule has 0 aliphatic rings. The number of nitrogens with zero attached hydrogens (tertiary/aromatic N) is 1. The van der Waals surface area contributed by atoms with Crippen molar-refractivity contribution in [1.82, 2.24) is 0 Å². The first-order valence-electron chi connectivity index (χ1n) is 3.66. The third kappa shape index (κ3) is 1.99. The zero-order chi connectivity index (χ0) is 10.8. The highest BCUT2D eigenvalue weighted by Crippen LogP contribution is 2.33. The third-order valence-electron chi connectivity index (χ3n) is 1.74. The first-order chi connectivity index (χ1) is 6.50. The molecule has 0 spiro atoms. The lowest BCUT2D eigenvalue weighted by Gasteiger charge is -2.11. The van der Waals surface area contributed by atoms with Crippen LogP contribution in [0.25, 0.3) is 0 Å². The molecule has 0 unspecified atom stereocenters. The summed E-state index contributed by atoms with van der Waals surface area (Å²) in [5.41, 5.74) is -1.04. The van der Waals surface area contributed by atoms with Gasteiger partial charge in [0.15, 0.2) is 0 Å². The summed E-state index contributed by atoms with van der Waals surface area (Å²) in [6, 6.07) is 5.09. The standard InChI is InChI=1S/C9H5ClF3N/c10-4-7-6(5-14)2-1-3-8(7)9(11,12)13/h1-3H,4H2. The van der Waals surface area contributed by atoms with Gasteiger partial charge in [-0.1, -0.05) is 6.07 Å². The van der Waals surface area contributed by atoms with E-state index in [1.807, 2.05) is 0 Å². The quantitative estimate of drug-likeness (QED) is 0.665. The molecular formula is C9H5ClF3N. The van der Waals surface area contributed by atoms with Gasteiger partial charge in [0, 0.05) is 5.88 Å². The van der Waals surface area contributed by atoms with E-state index < -0.39 is 11.7 Å². The van der Waals surface area contributed by atoms with E-state index in [9.17, 15) is 13.2 Å². The van der Waals surface area contributed by atoms with Gasteiger partial charge in [-0.2, -0.15) is 18.4 Å². The van der Waals surface area contributed by atoms with Crippen molar-refractivity contribution in [2.24, 2.45) is 0 Å². The van der Waals surface area contributed by atoms with Gasteiger partial charge in [-0.25, -0.2) is 0 Å². The van der Waals surface area contributed by atoms with Gasteiger partial charge >= 0.3 is 6.18 Å². The summed E-state index contributed by atoms with van der Waals surface area (Å²) >= 11 is 5.37. The first-order valence-corrected chi connectivity index (χ1v) is 4.19. The van der Waals surface area contributed by atoms with Crippen molar-refractivity contribution in [3.8, 4) is 6.07 Å². The first kappa shape index (κ1) is 10.9. The van der Waals surface area contributed by atoms with Crippen molar-refractivity contribution in [1.29, 1.82) is 5.26 Å². The van der Waals surface area contributed by atoms with Crippen LogP contribution in [0.15, 0.2) is 18.2 Å². The maximum atomic E-state index is 12.4. The number of rotatable bonds is 1. The Morgan fingerprint density at radius 2 is 2.00 bits per heavy atom. The maximum Gasteiger partial charge on any atom is 0.416 e. The Hall–Kier alpha value is -1.21. The summed E-state index contributed by atoms with van der Waals surface area (Å²) in [4.78, 5) is 0. The SMILES string of the molecule is N#Cc1cccc(C(F)(F)F)c1CCl. The number of hydrogen-bond donors (Lipinski definition) is 0. The van der Waals surface area contributed by atoms with Crippen molar-refractivity contribution in [2.45, 2.75) is 12.1 Å². The molecule has 1 nitrogen and oxygen atoms in total. The van der Waals surface area contributed by atoms with Crippen molar-refractivity contribution in [3.05, 3.63) is 34.9 Å². The molecule has 0 aliphatic heterocycles. The van der Waals surface area contributed by atoms with Gasteiger partial charge in [0.1, 0.15) is 0 Å².